The number of ether oxygens (including phenoxy) is 2. The SMILES string of the molecule is COC1CC(c2cn3cc(CC(=O)c4coc(-c5ccnc(C)c5)n4)c(OC(C)C)cc3n2)C1. The van der Waals surface area contributed by atoms with Crippen molar-refractivity contribution < 1.29 is 18.7 Å². The van der Waals surface area contributed by atoms with Crippen LogP contribution in [0.2, 0.25) is 0 Å². The van der Waals surface area contributed by atoms with Gasteiger partial charge >= 0.3 is 0 Å². The zero-order valence-corrected chi connectivity index (χ0v) is 19.8. The highest BCUT2D eigenvalue weighted by atomic mass is 16.5. The number of hydrogen-bond acceptors (Lipinski definition) is 7. The lowest BCUT2D eigenvalue weighted by atomic mass is 9.80. The van der Waals surface area contributed by atoms with E-state index in [-0.39, 0.29) is 24.0 Å². The second kappa shape index (κ2) is 9.02. The number of imidazole rings is 1. The van der Waals surface area contributed by atoms with E-state index in [0.717, 1.165) is 41.0 Å². The number of methoxy groups -OCH3 is 1. The van der Waals surface area contributed by atoms with E-state index < -0.39 is 0 Å². The van der Waals surface area contributed by atoms with Crippen LogP contribution in [0.5, 0.6) is 5.75 Å². The van der Waals surface area contributed by atoms with Crippen LogP contribution in [0.25, 0.3) is 17.1 Å². The van der Waals surface area contributed by atoms with E-state index in [9.17, 15) is 4.79 Å². The van der Waals surface area contributed by atoms with Gasteiger partial charge in [0, 0.05) is 60.9 Å². The fraction of sp³-hybridized carbons (Fsp3) is 0.385. The molecule has 0 N–H and O–H groups in total. The maximum absolute atomic E-state index is 13.1. The van der Waals surface area contributed by atoms with E-state index in [1.807, 2.05) is 55.8 Å². The van der Waals surface area contributed by atoms with Crippen LogP contribution < -0.4 is 4.74 Å². The van der Waals surface area contributed by atoms with Crippen molar-refractivity contribution in [3.63, 3.8) is 0 Å². The van der Waals surface area contributed by atoms with Crippen LogP contribution in [0, 0.1) is 6.92 Å². The van der Waals surface area contributed by atoms with Crippen LogP contribution in [-0.2, 0) is 11.2 Å². The van der Waals surface area contributed by atoms with Crippen molar-refractivity contribution in [2.75, 3.05) is 7.11 Å². The predicted octanol–water partition coefficient (Wildman–Crippen LogP) is 4.80. The molecule has 1 fully saturated rings. The Hall–Kier alpha value is -3.52. The molecule has 8 heteroatoms. The normalized spacial score (nSPS) is 17.8. The first-order chi connectivity index (χ1) is 16.4. The minimum Gasteiger partial charge on any atom is -0.491 e. The second-order valence-corrected chi connectivity index (χ2v) is 9.11. The van der Waals surface area contributed by atoms with Crippen LogP contribution >= 0.6 is 0 Å². The van der Waals surface area contributed by atoms with Crippen LogP contribution in [0.1, 0.15) is 60.0 Å². The van der Waals surface area contributed by atoms with Crippen LogP contribution in [0.3, 0.4) is 0 Å². The van der Waals surface area contributed by atoms with Crippen molar-refractivity contribution in [1.29, 1.82) is 0 Å². The lowest BCUT2D eigenvalue weighted by Gasteiger charge is -2.32. The molecule has 5 rings (SSSR count). The van der Waals surface area contributed by atoms with Crippen molar-refractivity contribution in [2.45, 2.75) is 58.2 Å². The number of nitrogens with zero attached hydrogens (tertiary/aromatic N) is 4. The van der Waals surface area contributed by atoms with Gasteiger partial charge < -0.3 is 18.3 Å². The molecule has 34 heavy (non-hydrogen) atoms. The Bertz CT molecular complexity index is 1330. The Morgan fingerprint density at radius 1 is 1.24 bits per heavy atom. The average Bonchev–Trinajstić information content (AvgIpc) is 3.40. The highest BCUT2D eigenvalue weighted by Gasteiger charge is 2.32. The second-order valence-electron chi connectivity index (χ2n) is 9.11. The van der Waals surface area contributed by atoms with Gasteiger partial charge in [-0.05, 0) is 45.7 Å². The van der Waals surface area contributed by atoms with E-state index in [2.05, 4.69) is 9.97 Å². The first-order valence-corrected chi connectivity index (χ1v) is 11.5. The van der Waals surface area contributed by atoms with Crippen molar-refractivity contribution in [2.24, 2.45) is 0 Å². The monoisotopic (exact) mass is 460 g/mol. The van der Waals surface area contributed by atoms with Gasteiger partial charge in [-0.15, -0.1) is 0 Å². The molecule has 1 aliphatic carbocycles. The molecule has 0 atom stereocenters. The first-order valence-electron chi connectivity index (χ1n) is 11.5. The first kappa shape index (κ1) is 22.3. The van der Waals surface area contributed by atoms with E-state index >= 15 is 0 Å². The largest absolute Gasteiger partial charge is 0.491 e. The van der Waals surface area contributed by atoms with Crippen molar-refractivity contribution in [3.05, 3.63) is 65.7 Å². The summed E-state index contributed by atoms with van der Waals surface area (Å²) in [6.07, 6.45) is 9.45. The van der Waals surface area contributed by atoms with Crippen molar-refractivity contribution in [3.8, 4) is 17.2 Å². The number of carbonyl (C=O) groups is 1. The molecule has 0 saturated heterocycles. The Morgan fingerprint density at radius 2 is 2.06 bits per heavy atom. The third kappa shape index (κ3) is 4.46. The molecule has 0 amide bonds. The Labute approximate surface area is 198 Å². The molecular weight excluding hydrogens is 432 g/mol. The van der Waals surface area contributed by atoms with Crippen molar-refractivity contribution in [1.82, 2.24) is 19.4 Å². The standard InChI is InChI=1S/C26H28N4O4/c1-15(2)34-24-11-25-28-21(18-8-20(9-18)32-4)13-30(25)12-19(24)10-23(31)22-14-33-26(29-22)17-5-6-27-16(3)7-17/h5-7,11-15,18,20H,8-10H2,1-4H3. The molecule has 0 radical (unpaired) electrons. The number of hydrogen-bond donors (Lipinski definition) is 0. The van der Waals surface area contributed by atoms with Gasteiger partial charge in [0.1, 0.15) is 23.4 Å². The molecule has 176 valence electrons. The van der Waals surface area contributed by atoms with Gasteiger partial charge in [-0.1, -0.05) is 0 Å². The summed E-state index contributed by atoms with van der Waals surface area (Å²) < 4.78 is 19.0. The van der Waals surface area contributed by atoms with Gasteiger partial charge in [0.25, 0.3) is 0 Å². The highest BCUT2D eigenvalue weighted by Crippen LogP contribution is 2.38. The molecule has 0 unspecified atom stereocenters. The number of Topliss-reactive ketones (excluding diaryl/α,β-unsaturated/α-hetero) is 1. The van der Waals surface area contributed by atoms with E-state index in [4.69, 9.17) is 18.9 Å². The molecule has 0 bridgehead atoms. The maximum Gasteiger partial charge on any atom is 0.226 e. The summed E-state index contributed by atoms with van der Waals surface area (Å²) in [5, 5.41) is 0. The fourth-order valence-corrected chi connectivity index (χ4v) is 4.25. The Morgan fingerprint density at radius 3 is 2.79 bits per heavy atom. The molecule has 0 aromatic carbocycles. The molecule has 1 aliphatic rings. The number of carbonyl (C=O) groups excluding carboxylic acids is 1. The molecule has 4 aromatic heterocycles. The quantitative estimate of drug-likeness (QED) is 0.349. The van der Waals surface area contributed by atoms with Crippen LogP contribution in [0.4, 0.5) is 0 Å². The Balaban J connectivity index is 1.41. The zero-order valence-electron chi connectivity index (χ0n) is 19.8. The van der Waals surface area contributed by atoms with Gasteiger partial charge in [0.15, 0.2) is 5.78 Å². The number of oxazole rings is 1. The van der Waals surface area contributed by atoms with Crippen LogP contribution in [0.15, 0.2) is 47.5 Å². The molecule has 4 aromatic rings. The summed E-state index contributed by atoms with van der Waals surface area (Å²) in [5.74, 6) is 1.31. The summed E-state index contributed by atoms with van der Waals surface area (Å²) >= 11 is 0. The van der Waals surface area contributed by atoms with Gasteiger partial charge in [-0.2, -0.15) is 0 Å². The van der Waals surface area contributed by atoms with E-state index in [1.54, 1.807) is 13.3 Å². The third-order valence-corrected chi connectivity index (χ3v) is 6.14. The number of ketones is 1. The molecule has 8 nitrogen and oxygen atoms in total. The molecule has 4 heterocycles. The number of fused-ring (bicyclic) bond motifs is 1. The lowest BCUT2D eigenvalue weighted by Crippen LogP contribution is -2.28. The summed E-state index contributed by atoms with van der Waals surface area (Å²) in [5.41, 5.74) is 4.55. The summed E-state index contributed by atoms with van der Waals surface area (Å²) in [4.78, 5) is 26.5. The number of pyridine rings is 2. The predicted molar refractivity (Wildman–Crippen MR) is 126 cm³/mol. The average molecular weight is 461 g/mol. The Kier molecular flexibility index (Phi) is 5.91. The molecule has 0 spiro atoms. The van der Waals surface area contributed by atoms with E-state index in [1.165, 1.54) is 6.26 Å². The van der Waals surface area contributed by atoms with Gasteiger partial charge in [0.2, 0.25) is 5.89 Å². The number of aryl methyl sites for hydroxylation is 1. The molecular formula is C26H28N4O4. The molecule has 0 aliphatic heterocycles. The highest BCUT2D eigenvalue weighted by molar-refractivity contribution is 5.96. The summed E-state index contributed by atoms with van der Waals surface area (Å²) in [7, 11) is 1.75. The van der Waals surface area contributed by atoms with Crippen molar-refractivity contribution >= 4 is 11.4 Å². The van der Waals surface area contributed by atoms with Crippen LogP contribution in [-0.4, -0.2) is 44.5 Å². The fourth-order valence-electron chi connectivity index (χ4n) is 4.25. The third-order valence-electron chi connectivity index (χ3n) is 6.14. The van der Waals surface area contributed by atoms with Gasteiger partial charge in [0.05, 0.1) is 17.9 Å². The smallest absolute Gasteiger partial charge is 0.226 e. The minimum absolute atomic E-state index is 0.0339. The maximum atomic E-state index is 13.1. The van der Waals surface area contributed by atoms with Gasteiger partial charge in [-0.3, -0.25) is 9.78 Å². The minimum atomic E-state index is -0.143. The molecule has 1 saturated carbocycles. The topological polar surface area (TPSA) is 91.8 Å². The number of rotatable bonds is 8. The lowest BCUT2D eigenvalue weighted by molar-refractivity contribution is 0.0249. The van der Waals surface area contributed by atoms with E-state index in [0.29, 0.717) is 23.7 Å². The van der Waals surface area contributed by atoms with Gasteiger partial charge in [-0.25, -0.2) is 9.97 Å². The zero-order chi connectivity index (χ0) is 23.8. The summed E-state index contributed by atoms with van der Waals surface area (Å²) in [6, 6.07) is 5.59. The summed E-state index contributed by atoms with van der Waals surface area (Å²) in [6.45, 7) is 5.83. The number of aromatic nitrogens is 4.